The van der Waals surface area contributed by atoms with Crippen molar-refractivity contribution in [3.8, 4) is 0 Å². The van der Waals surface area contributed by atoms with Crippen LogP contribution >= 0.6 is 15.9 Å². The molecule has 0 radical (unpaired) electrons. The van der Waals surface area contributed by atoms with Crippen LogP contribution in [-0.2, 0) is 17.6 Å². The number of anilines is 1. The van der Waals surface area contributed by atoms with Gasteiger partial charge < -0.3 is 9.42 Å². The molecule has 2 aromatic rings. The van der Waals surface area contributed by atoms with Gasteiger partial charge in [0.1, 0.15) is 5.82 Å². The van der Waals surface area contributed by atoms with Crippen LogP contribution in [0.4, 0.5) is 10.1 Å². The van der Waals surface area contributed by atoms with Crippen molar-refractivity contribution in [2.24, 2.45) is 0 Å². The first-order valence-electron chi connectivity index (χ1n) is 6.62. The second-order valence-corrected chi connectivity index (χ2v) is 5.84. The Morgan fingerprint density at radius 3 is 3.05 bits per heavy atom. The largest absolute Gasteiger partial charge is 0.339 e. The zero-order valence-corrected chi connectivity index (χ0v) is 13.0. The highest BCUT2D eigenvalue weighted by Crippen LogP contribution is 2.34. The maximum atomic E-state index is 14.1. The van der Waals surface area contributed by atoms with Crippen molar-refractivity contribution in [2.45, 2.75) is 26.2 Å². The fourth-order valence-corrected chi connectivity index (χ4v) is 2.97. The predicted octanol–water partition coefficient (Wildman–Crippen LogP) is 2.80. The van der Waals surface area contributed by atoms with E-state index in [2.05, 4.69) is 26.1 Å². The Kier molecular flexibility index (Phi) is 3.75. The third-order valence-electron chi connectivity index (χ3n) is 3.41. The van der Waals surface area contributed by atoms with Gasteiger partial charge in [-0.1, -0.05) is 21.1 Å². The summed E-state index contributed by atoms with van der Waals surface area (Å²) in [6.45, 7) is 2.23. The molecule has 3 rings (SSSR count). The van der Waals surface area contributed by atoms with Gasteiger partial charge in [0.2, 0.25) is 11.8 Å². The van der Waals surface area contributed by atoms with Gasteiger partial charge in [-0.15, -0.1) is 0 Å². The number of aromatic nitrogens is 2. The van der Waals surface area contributed by atoms with Crippen molar-refractivity contribution in [3.05, 3.63) is 39.7 Å². The van der Waals surface area contributed by atoms with E-state index in [1.54, 1.807) is 6.92 Å². The van der Waals surface area contributed by atoms with Gasteiger partial charge in [0.15, 0.2) is 5.82 Å². The van der Waals surface area contributed by atoms with Crippen LogP contribution in [0.25, 0.3) is 0 Å². The summed E-state index contributed by atoms with van der Waals surface area (Å²) in [6.07, 6.45) is 1.25. The van der Waals surface area contributed by atoms with Crippen molar-refractivity contribution in [2.75, 3.05) is 11.4 Å². The Balaban J connectivity index is 1.73. The fraction of sp³-hybridized carbons (Fsp3) is 0.357. The van der Waals surface area contributed by atoms with Crippen LogP contribution in [0.5, 0.6) is 0 Å². The molecule has 1 aromatic carbocycles. The second kappa shape index (κ2) is 5.55. The number of aryl methyl sites for hydroxylation is 2. The molecule has 2 heterocycles. The van der Waals surface area contributed by atoms with E-state index in [0.29, 0.717) is 41.3 Å². The number of carbonyl (C=O) groups excluding carboxylic acids is 1. The van der Waals surface area contributed by atoms with Crippen molar-refractivity contribution in [3.63, 3.8) is 0 Å². The van der Waals surface area contributed by atoms with Gasteiger partial charge >= 0.3 is 0 Å². The van der Waals surface area contributed by atoms with Gasteiger partial charge in [-0.2, -0.15) is 4.98 Å². The second-order valence-electron chi connectivity index (χ2n) is 4.93. The Morgan fingerprint density at radius 1 is 1.52 bits per heavy atom. The minimum absolute atomic E-state index is 0.133. The standard InChI is InChI=1S/C14H13BrFN3O2/c1-8-17-12(21-18-8)2-3-13(20)19-5-4-9-6-10(15)7-11(16)14(9)19/h6-7H,2-5H2,1H3. The zero-order valence-electron chi connectivity index (χ0n) is 11.4. The average Bonchev–Trinajstić information content (AvgIpc) is 3.02. The zero-order chi connectivity index (χ0) is 15.0. The van der Waals surface area contributed by atoms with Crippen molar-refractivity contribution < 1.29 is 13.7 Å². The van der Waals surface area contributed by atoms with Gasteiger partial charge in [-0.25, -0.2) is 4.39 Å². The van der Waals surface area contributed by atoms with E-state index >= 15 is 0 Å². The van der Waals surface area contributed by atoms with Crippen LogP contribution in [0.15, 0.2) is 21.1 Å². The number of nitrogens with zero attached hydrogens (tertiary/aromatic N) is 3. The minimum atomic E-state index is -0.376. The number of halogens is 2. The SMILES string of the molecule is Cc1noc(CCC(=O)N2CCc3cc(Br)cc(F)c32)n1. The molecule has 5 nitrogen and oxygen atoms in total. The maximum Gasteiger partial charge on any atom is 0.227 e. The average molecular weight is 354 g/mol. The van der Waals surface area contributed by atoms with Gasteiger partial charge in [0.25, 0.3) is 0 Å². The monoisotopic (exact) mass is 353 g/mol. The number of fused-ring (bicyclic) bond motifs is 1. The first-order valence-corrected chi connectivity index (χ1v) is 7.41. The number of hydrogen-bond acceptors (Lipinski definition) is 4. The highest BCUT2D eigenvalue weighted by Gasteiger charge is 2.28. The van der Waals surface area contributed by atoms with Gasteiger partial charge in [0, 0.05) is 23.9 Å². The molecule has 0 aliphatic carbocycles. The molecule has 110 valence electrons. The van der Waals surface area contributed by atoms with Gasteiger partial charge in [-0.3, -0.25) is 4.79 Å². The van der Waals surface area contributed by atoms with E-state index in [4.69, 9.17) is 4.52 Å². The summed E-state index contributed by atoms with van der Waals surface area (Å²) in [5, 5.41) is 3.68. The molecule has 0 N–H and O–H groups in total. The summed E-state index contributed by atoms with van der Waals surface area (Å²) in [5.41, 5.74) is 1.24. The Morgan fingerprint density at radius 2 is 2.33 bits per heavy atom. The van der Waals surface area contributed by atoms with E-state index in [9.17, 15) is 9.18 Å². The van der Waals surface area contributed by atoms with Crippen molar-refractivity contribution in [1.82, 2.24) is 10.1 Å². The van der Waals surface area contributed by atoms with Crippen LogP contribution in [0.3, 0.4) is 0 Å². The molecule has 0 saturated heterocycles. The Labute approximate surface area is 129 Å². The molecule has 0 spiro atoms. The quantitative estimate of drug-likeness (QED) is 0.851. The Bertz CT molecular complexity index is 702. The minimum Gasteiger partial charge on any atom is -0.339 e. The number of amides is 1. The molecule has 7 heteroatoms. The molecule has 0 saturated carbocycles. The normalized spacial score (nSPS) is 13.6. The first kappa shape index (κ1) is 14.2. The predicted molar refractivity (Wildman–Crippen MR) is 77.5 cm³/mol. The molecule has 1 amide bonds. The summed E-state index contributed by atoms with van der Waals surface area (Å²) in [4.78, 5) is 17.8. The van der Waals surface area contributed by atoms with Crippen LogP contribution in [0.2, 0.25) is 0 Å². The molecule has 0 atom stereocenters. The van der Waals surface area contributed by atoms with Gasteiger partial charge in [0.05, 0.1) is 5.69 Å². The Hall–Kier alpha value is -1.76. The van der Waals surface area contributed by atoms with Crippen molar-refractivity contribution >= 4 is 27.5 Å². The van der Waals surface area contributed by atoms with Crippen LogP contribution < -0.4 is 4.90 Å². The molecular weight excluding hydrogens is 341 g/mol. The molecule has 0 fully saturated rings. The number of rotatable bonds is 3. The number of carbonyl (C=O) groups is 1. The number of benzene rings is 1. The van der Waals surface area contributed by atoms with E-state index in [1.165, 1.54) is 11.0 Å². The third kappa shape index (κ3) is 2.83. The summed E-state index contributed by atoms with van der Waals surface area (Å²) < 4.78 is 19.7. The third-order valence-corrected chi connectivity index (χ3v) is 3.86. The highest BCUT2D eigenvalue weighted by atomic mass is 79.9. The summed E-state index contributed by atoms with van der Waals surface area (Å²) >= 11 is 3.27. The molecule has 1 aliphatic rings. The lowest BCUT2D eigenvalue weighted by atomic mass is 10.1. The lowest BCUT2D eigenvalue weighted by Gasteiger charge is -2.17. The van der Waals surface area contributed by atoms with Crippen molar-refractivity contribution in [1.29, 1.82) is 0 Å². The summed E-state index contributed by atoms with van der Waals surface area (Å²) in [6, 6.07) is 3.23. The molecule has 1 aromatic heterocycles. The highest BCUT2D eigenvalue weighted by molar-refractivity contribution is 9.10. The number of hydrogen-bond donors (Lipinski definition) is 0. The first-order chi connectivity index (χ1) is 10.0. The lowest BCUT2D eigenvalue weighted by Crippen LogP contribution is -2.29. The fourth-order valence-electron chi connectivity index (χ4n) is 2.50. The van der Waals surface area contributed by atoms with Crippen LogP contribution in [-0.4, -0.2) is 22.6 Å². The van der Waals surface area contributed by atoms with Crippen LogP contribution in [0, 0.1) is 12.7 Å². The van der Waals surface area contributed by atoms with E-state index in [0.717, 1.165) is 5.56 Å². The summed E-state index contributed by atoms with van der Waals surface area (Å²) in [5.74, 6) is 0.459. The molecule has 0 bridgehead atoms. The van der Waals surface area contributed by atoms with E-state index in [-0.39, 0.29) is 18.1 Å². The topological polar surface area (TPSA) is 59.2 Å². The van der Waals surface area contributed by atoms with E-state index < -0.39 is 0 Å². The molecule has 21 heavy (non-hydrogen) atoms. The van der Waals surface area contributed by atoms with E-state index in [1.807, 2.05) is 6.07 Å². The molecular formula is C14H13BrFN3O2. The summed E-state index contributed by atoms with van der Waals surface area (Å²) in [7, 11) is 0. The molecule has 0 unspecified atom stereocenters. The van der Waals surface area contributed by atoms with Crippen LogP contribution in [0.1, 0.15) is 23.7 Å². The smallest absolute Gasteiger partial charge is 0.227 e. The lowest BCUT2D eigenvalue weighted by molar-refractivity contribution is -0.118. The van der Waals surface area contributed by atoms with Gasteiger partial charge in [-0.05, 0) is 31.0 Å². The maximum absolute atomic E-state index is 14.1. The molecule has 1 aliphatic heterocycles.